The zero-order valence-corrected chi connectivity index (χ0v) is 17.8. The largest absolute Gasteiger partial charge is 0.493 e. The number of aryl methyl sites for hydroxylation is 2. The Bertz CT molecular complexity index is 1080. The van der Waals surface area contributed by atoms with Crippen LogP contribution >= 0.6 is 0 Å². The van der Waals surface area contributed by atoms with Crippen LogP contribution in [0.15, 0.2) is 41.0 Å². The van der Waals surface area contributed by atoms with Crippen LogP contribution in [0, 0.1) is 13.8 Å². The third kappa shape index (κ3) is 4.56. The van der Waals surface area contributed by atoms with Crippen molar-refractivity contribution in [2.75, 3.05) is 7.11 Å². The van der Waals surface area contributed by atoms with Gasteiger partial charge in [-0.15, -0.1) is 0 Å². The first-order valence-corrected chi connectivity index (χ1v) is 9.70. The fourth-order valence-electron chi connectivity index (χ4n) is 3.10. The number of hydrazine groups is 1. The molecule has 2 N–H and O–H groups in total. The third-order valence-corrected chi connectivity index (χ3v) is 4.80. The van der Waals surface area contributed by atoms with E-state index in [1.54, 1.807) is 24.5 Å². The minimum absolute atomic E-state index is 0.0235. The summed E-state index contributed by atoms with van der Waals surface area (Å²) in [5, 5.41) is 0.894. The molecule has 0 spiro atoms. The first-order chi connectivity index (χ1) is 14.3. The molecule has 3 aromatic rings. The molecule has 0 atom stereocenters. The van der Waals surface area contributed by atoms with Gasteiger partial charge in [0.2, 0.25) is 5.91 Å². The number of hydrogen-bond donors (Lipinski definition) is 2. The van der Waals surface area contributed by atoms with E-state index in [-0.39, 0.29) is 18.4 Å². The highest BCUT2D eigenvalue weighted by atomic mass is 16.5. The van der Waals surface area contributed by atoms with Crippen LogP contribution in [-0.4, -0.2) is 25.0 Å². The monoisotopic (exact) mass is 410 g/mol. The van der Waals surface area contributed by atoms with Crippen LogP contribution in [-0.2, 0) is 11.2 Å². The van der Waals surface area contributed by atoms with E-state index in [1.165, 1.54) is 7.11 Å². The van der Waals surface area contributed by atoms with Gasteiger partial charge in [0, 0.05) is 16.5 Å². The Labute approximate surface area is 175 Å². The van der Waals surface area contributed by atoms with Crippen LogP contribution in [0.4, 0.5) is 0 Å². The number of amides is 2. The zero-order chi connectivity index (χ0) is 21.8. The lowest BCUT2D eigenvalue weighted by atomic mass is 10.0. The number of fused-ring (bicyclic) bond motifs is 1. The number of rotatable bonds is 6. The fourth-order valence-corrected chi connectivity index (χ4v) is 3.10. The number of furan rings is 1. The van der Waals surface area contributed by atoms with E-state index in [0.29, 0.717) is 17.1 Å². The lowest BCUT2D eigenvalue weighted by Crippen LogP contribution is -2.42. The molecular weight excluding hydrogens is 384 g/mol. The second-order valence-corrected chi connectivity index (χ2v) is 7.36. The van der Waals surface area contributed by atoms with Gasteiger partial charge in [-0.1, -0.05) is 12.1 Å². The summed E-state index contributed by atoms with van der Waals surface area (Å²) < 4.78 is 16.6. The van der Waals surface area contributed by atoms with Crippen LogP contribution in [0.25, 0.3) is 11.0 Å². The minimum atomic E-state index is -0.457. The van der Waals surface area contributed by atoms with Crippen molar-refractivity contribution in [1.82, 2.24) is 10.9 Å². The van der Waals surface area contributed by atoms with E-state index in [4.69, 9.17) is 13.9 Å². The van der Waals surface area contributed by atoms with E-state index in [9.17, 15) is 9.59 Å². The van der Waals surface area contributed by atoms with Crippen LogP contribution in [0.3, 0.4) is 0 Å². The molecule has 1 aromatic heterocycles. The van der Waals surface area contributed by atoms with E-state index in [2.05, 4.69) is 10.9 Å². The molecule has 0 radical (unpaired) electrons. The summed E-state index contributed by atoms with van der Waals surface area (Å²) in [5.41, 5.74) is 8.91. The van der Waals surface area contributed by atoms with E-state index in [0.717, 1.165) is 27.7 Å². The molecule has 0 bridgehead atoms. The topological polar surface area (TPSA) is 89.8 Å². The number of carbonyl (C=O) groups excluding carboxylic acids is 2. The maximum Gasteiger partial charge on any atom is 0.269 e. The number of nitrogens with one attached hydrogen (secondary N) is 2. The molecule has 158 valence electrons. The molecule has 2 aromatic carbocycles. The molecule has 0 fully saturated rings. The molecule has 30 heavy (non-hydrogen) atoms. The Morgan fingerprint density at radius 2 is 1.83 bits per heavy atom. The molecule has 2 amide bonds. The Kier molecular flexibility index (Phi) is 6.30. The predicted molar refractivity (Wildman–Crippen MR) is 114 cm³/mol. The summed E-state index contributed by atoms with van der Waals surface area (Å²) in [5.74, 6) is 0.181. The smallest absolute Gasteiger partial charge is 0.269 e. The highest BCUT2D eigenvalue weighted by Gasteiger charge is 2.15. The van der Waals surface area contributed by atoms with Crippen LogP contribution in [0.2, 0.25) is 0 Å². The zero-order valence-electron chi connectivity index (χ0n) is 17.8. The van der Waals surface area contributed by atoms with E-state index >= 15 is 0 Å². The van der Waals surface area contributed by atoms with Gasteiger partial charge in [-0.3, -0.25) is 20.4 Å². The Morgan fingerprint density at radius 1 is 1.07 bits per heavy atom. The maximum atomic E-state index is 12.4. The maximum absolute atomic E-state index is 12.4. The second-order valence-electron chi connectivity index (χ2n) is 7.36. The summed E-state index contributed by atoms with van der Waals surface area (Å²) in [6, 6.07) is 8.77. The van der Waals surface area contributed by atoms with Crippen molar-refractivity contribution in [2.24, 2.45) is 0 Å². The molecule has 0 aliphatic carbocycles. The fraction of sp³-hybridized carbons (Fsp3) is 0.304. The molecule has 7 heteroatoms. The Hall–Kier alpha value is -3.48. The van der Waals surface area contributed by atoms with Gasteiger partial charge in [0.15, 0.2) is 11.5 Å². The molecular formula is C23H26N2O5. The van der Waals surface area contributed by atoms with Crippen molar-refractivity contribution in [3.63, 3.8) is 0 Å². The molecule has 0 aliphatic heterocycles. The van der Waals surface area contributed by atoms with E-state index < -0.39 is 5.91 Å². The van der Waals surface area contributed by atoms with Gasteiger partial charge >= 0.3 is 0 Å². The summed E-state index contributed by atoms with van der Waals surface area (Å²) in [6.07, 6.45) is 1.64. The quantitative estimate of drug-likeness (QED) is 0.603. The van der Waals surface area contributed by atoms with Crippen molar-refractivity contribution in [3.05, 3.63) is 58.8 Å². The summed E-state index contributed by atoms with van der Waals surface area (Å²) in [6.45, 7) is 7.80. The van der Waals surface area contributed by atoms with Gasteiger partial charge in [-0.2, -0.15) is 0 Å². The average molecular weight is 410 g/mol. The van der Waals surface area contributed by atoms with Crippen molar-refractivity contribution in [3.8, 4) is 11.5 Å². The van der Waals surface area contributed by atoms with E-state index in [1.807, 2.05) is 39.8 Å². The van der Waals surface area contributed by atoms with Gasteiger partial charge in [0.1, 0.15) is 5.58 Å². The van der Waals surface area contributed by atoms with Gasteiger partial charge in [-0.25, -0.2) is 0 Å². The Morgan fingerprint density at radius 3 is 2.53 bits per heavy atom. The number of ether oxygens (including phenoxy) is 2. The summed E-state index contributed by atoms with van der Waals surface area (Å²) in [7, 11) is 1.50. The second kappa shape index (κ2) is 8.90. The number of methoxy groups -OCH3 is 1. The lowest BCUT2D eigenvalue weighted by Gasteiger charge is -2.14. The molecule has 7 nitrogen and oxygen atoms in total. The normalized spacial score (nSPS) is 10.9. The SMILES string of the molecule is COc1cc(C(=O)NNC(=O)Cc2coc3c(C)c(C)ccc23)ccc1OC(C)C. The molecule has 0 saturated carbocycles. The number of carbonyl (C=O) groups is 2. The molecule has 3 rings (SSSR count). The van der Waals surface area contributed by atoms with Gasteiger partial charge < -0.3 is 13.9 Å². The molecule has 0 unspecified atom stereocenters. The van der Waals surface area contributed by atoms with Crippen molar-refractivity contribution < 1.29 is 23.5 Å². The van der Waals surface area contributed by atoms with Crippen LogP contribution in [0.1, 0.15) is 40.9 Å². The predicted octanol–water partition coefficient (Wildman–Crippen LogP) is 3.85. The van der Waals surface area contributed by atoms with Gasteiger partial charge in [0.05, 0.1) is 25.9 Å². The van der Waals surface area contributed by atoms with Gasteiger partial charge in [0.25, 0.3) is 5.91 Å². The molecule has 0 saturated heterocycles. The first kappa shape index (κ1) is 21.2. The van der Waals surface area contributed by atoms with Crippen molar-refractivity contribution in [2.45, 2.75) is 40.2 Å². The summed E-state index contributed by atoms with van der Waals surface area (Å²) in [4.78, 5) is 24.7. The highest BCUT2D eigenvalue weighted by molar-refractivity contribution is 5.96. The first-order valence-electron chi connectivity index (χ1n) is 9.70. The number of hydrogen-bond acceptors (Lipinski definition) is 5. The lowest BCUT2D eigenvalue weighted by molar-refractivity contribution is -0.121. The highest BCUT2D eigenvalue weighted by Crippen LogP contribution is 2.29. The minimum Gasteiger partial charge on any atom is -0.493 e. The third-order valence-electron chi connectivity index (χ3n) is 4.80. The van der Waals surface area contributed by atoms with Gasteiger partial charge in [-0.05, 0) is 57.0 Å². The molecule has 0 aliphatic rings. The Balaban J connectivity index is 1.64. The molecule has 1 heterocycles. The van der Waals surface area contributed by atoms with Crippen molar-refractivity contribution in [1.29, 1.82) is 0 Å². The average Bonchev–Trinajstić information content (AvgIpc) is 3.12. The van der Waals surface area contributed by atoms with Crippen LogP contribution < -0.4 is 20.3 Å². The standard InChI is InChI=1S/C23H26N2O5/c1-13(2)30-19-9-7-16(10-20(19)28-5)23(27)25-24-21(26)11-17-12-29-22-15(4)14(3)6-8-18(17)22/h6-10,12-13H,11H2,1-5H3,(H,24,26)(H,25,27). The number of benzene rings is 2. The van der Waals surface area contributed by atoms with Crippen LogP contribution in [0.5, 0.6) is 11.5 Å². The summed E-state index contributed by atoms with van der Waals surface area (Å²) >= 11 is 0. The van der Waals surface area contributed by atoms with Crippen molar-refractivity contribution >= 4 is 22.8 Å².